The van der Waals surface area contributed by atoms with E-state index in [9.17, 15) is 13.2 Å². The van der Waals surface area contributed by atoms with E-state index in [4.69, 9.17) is 23.2 Å². The lowest BCUT2D eigenvalue weighted by atomic mass is 9.93. The predicted molar refractivity (Wildman–Crippen MR) is 171 cm³/mol. The second kappa shape index (κ2) is 12.8. The molecule has 0 spiro atoms. The summed E-state index contributed by atoms with van der Waals surface area (Å²) in [7, 11) is -3.77. The highest BCUT2D eigenvalue weighted by atomic mass is 35.5. The number of hydrogen-bond donors (Lipinski definition) is 0. The van der Waals surface area contributed by atoms with Crippen LogP contribution in [-0.4, -0.2) is 50.0 Å². The van der Waals surface area contributed by atoms with Crippen LogP contribution in [0.4, 0.5) is 0 Å². The zero-order chi connectivity index (χ0) is 29.9. The second-order valence-electron chi connectivity index (χ2n) is 10.7. The minimum atomic E-state index is -3.77. The molecule has 42 heavy (non-hydrogen) atoms. The molecule has 1 heterocycles. The summed E-state index contributed by atoms with van der Waals surface area (Å²) >= 11 is 12.4. The lowest BCUT2D eigenvalue weighted by molar-refractivity contribution is 0.0801. The number of likely N-dealkylation sites (tertiary alicyclic amines) is 1. The van der Waals surface area contributed by atoms with Crippen LogP contribution in [0.2, 0.25) is 10.0 Å². The van der Waals surface area contributed by atoms with E-state index in [1.54, 1.807) is 24.3 Å². The molecule has 0 aliphatic carbocycles. The molecule has 0 radical (unpaired) electrons. The van der Waals surface area contributed by atoms with Crippen LogP contribution in [-0.2, 0) is 9.84 Å². The maximum absolute atomic E-state index is 14.0. The fourth-order valence-corrected chi connectivity index (χ4v) is 6.94. The fourth-order valence-electron chi connectivity index (χ4n) is 5.47. The fraction of sp³-hybridized carbons (Fsp3) is 0.206. The van der Waals surface area contributed by atoms with Crippen molar-refractivity contribution in [3.05, 3.63) is 152 Å². The van der Waals surface area contributed by atoms with E-state index < -0.39 is 9.84 Å². The molecule has 5 nitrogen and oxygen atoms in total. The van der Waals surface area contributed by atoms with Gasteiger partial charge in [0.25, 0.3) is 5.91 Å². The smallest absolute Gasteiger partial charge is 0.258 e. The molecule has 0 saturated carbocycles. The van der Waals surface area contributed by atoms with Crippen molar-refractivity contribution in [2.75, 3.05) is 25.9 Å². The Labute approximate surface area is 257 Å². The summed E-state index contributed by atoms with van der Waals surface area (Å²) in [6.07, 6.45) is 1.19. The molecule has 216 valence electrons. The van der Waals surface area contributed by atoms with E-state index in [1.807, 2.05) is 91.9 Å². The zero-order valence-electron chi connectivity index (χ0n) is 23.5. The number of carbonyl (C=O) groups is 1. The Hall–Kier alpha value is -3.42. The highest BCUT2D eigenvalue weighted by Crippen LogP contribution is 2.38. The summed E-state index contributed by atoms with van der Waals surface area (Å²) in [5, 5.41) is 1.36. The van der Waals surface area contributed by atoms with Gasteiger partial charge >= 0.3 is 0 Å². The normalized spacial score (nSPS) is 14.4. The van der Waals surface area contributed by atoms with Gasteiger partial charge in [-0.2, -0.15) is 0 Å². The van der Waals surface area contributed by atoms with Gasteiger partial charge in [0.1, 0.15) is 5.03 Å². The van der Waals surface area contributed by atoms with Crippen molar-refractivity contribution in [1.82, 2.24) is 9.80 Å². The Morgan fingerprint density at radius 3 is 1.71 bits per heavy atom. The summed E-state index contributed by atoms with van der Waals surface area (Å²) in [5.41, 5.74) is 4.22. The van der Waals surface area contributed by atoms with Crippen molar-refractivity contribution in [1.29, 1.82) is 0 Å². The van der Waals surface area contributed by atoms with Crippen LogP contribution in [0.5, 0.6) is 0 Å². The van der Waals surface area contributed by atoms with Crippen LogP contribution in [0.25, 0.3) is 0 Å². The summed E-state index contributed by atoms with van der Waals surface area (Å²) in [5.74, 6) is -0.431. The standard InChI is InChI=1S/C34H32Cl2N2O3S/c1-24(25-9-5-3-6-10-25)21-38(33(39)28-11-7-4-8-12-28)34(42(2,40)41)29-22-37(23-29)32(26-13-17-30(35)18-14-26)27-15-19-31(36)20-16-27/h3-20,24,32H,21-23H2,1-2H3. The van der Waals surface area contributed by atoms with Gasteiger partial charge < -0.3 is 0 Å². The van der Waals surface area contributed by atoms with Gasteiger partial charge in [-0.3, -0.25) is 14.6 Å². The number of benzene rings is 4. The Kier molecular flexibility index (Phi) is 9.19. The molecule has 1 saturated heterocycles. The molecule has 1 aliphatic heterocycles. The van der Waals surface area contributed by atoms with Crippen molar-refractivity contribution < 1.29 is 13.2 Å². The number of hydrogen-bond acceptors (Lipinski definition) is 4. The second-order valence-corrected chi connectivity index (χ2v) is 13.5. The van der Waals surface area contributed by atoms with E-state index in [2.05, 4.69) is 4.90 Å². The predicted octanol–water partition coefficient (Wildman–Crippen LogP) is 7.60. The van der Waals surface area contributed by atoms with Gasteiger partial charge in [-0.15, -0.1) is 0 Å². The molecule has 0 N–H and O–H groups in total. The number of rotatable bonds is 9. The number of halogens is 2. The Morgan fingerprint density at radius 1 is 0.762 bits per heavy atom. The van der Waals surface area contributed by atoms with Crippen LogP contribution in [0.3, 0.4) is 0 Å². The third-order valence-electron chi connectivity index (χ3n) is 7.51. The van der Waals surface area contributed by atoms with Gasteiger partial charge in [-0.1, -0.05) is 103 Å². The lowest BCUT2D eigenvalue weighted by Gasteiger charge is -2.43. The number of amides is 1. The minimum Gasteiger partial charge on any atom is -0.298 e. The van der Waals surface area contributed by atoms with Gasteiger partial charge in [0.2, 0.25) is 0 Å². The molecule has 4 aromatic carbocycles. The number of sulfone groups is 1. The van der Waals surface area contributed by atoms with Crippen LogP contribution in [0.15, 0.2) is 120 Å². The molecule has 5 rings (SSSR count). The first-order valence-corrected chi connectivity index (χ1v) is 16.4. The molecule has 1 aliphatic rings. The molecule has 4 aromatic rings. The summed E-state index contributed by atoms with van der Waals surface area (Å²) in [4.78, 5) is 17.6. The molecule has 0 bridgehead atoms. The Morgan fingerprint density at radius 2 is 1.24 bits per heavy atom. The monoisotopic (exact) mass is 618 g/mol. The third kappa shape index (κ3) is 6.79. The quantitative estimate of drug-likeness (QED) is 0.194. The molecule has 1 fully saturated rings. The van der Waals surface area contributed by atoms with Gasteiger partial charge in [-0.25, -0.2) is 8.42 Å². The van der Waals surface area contributed by atoms with Crippen molar-refractivity contribution in [3.8, 4) is 0 Å². The molecule has 1 amide bonds. The molecule has 0 aromatic heterocycles. The molecule has 1 atom stereocenters. The zero-order valence-corrected chi connectivity index (χ0v) is 25.8. The molecule has 8 heteroatoms. The van der Waals surface area contributed by atoms with Gasteiger partial charge in [0, 0.05) is 41.5 Å². The summed E-state index contributed by atoms with van der Waals surface area (Å²) < 4.78 is 26.9. The summed E-state index contributed by atoms with van der Waals surface area (Å²) in [6, 6.07) is 33.8. The van der Waals surface area contributed by atoms with Crippen molar-refractivity contribution in [2.45, 2.75) is 18.9 Å². The van der Waals surface area contributed by atoms with Crippen molar-refractivity contribution in [3.63, 3.8) is 0 Å². The highest BCUT2D eigenvalue weighted by Gasteiger charge is 2.38. The third-order valence-corrected chi connectivity index (χ3v) is 9.23. The maximum Gasteiger partial charge on any atom is 0.258 e. The first-order valence-electron chi connectivity index (χ1n) is 13.7. The average Bonchev–Trinajstić information content (AvgIpc) is 2.96. The van der Waals surface area contributed by atoms with Crippen molar-refractivity contribution in [2.24, 2.45) is 0 Å². The Bertz CT molecular complexity index is 1620. The van der Waals surface area contributed by atoms with Gasteiger partial charge in [-0.05, 0) is 64.6 Å². The van der Waals surface area contributed by atoms with Crippen LogP contribution in [0.1, 0.15) is 45.9 Å². The SMILES string of the molecule is CC(CN(C(=O)c1ccccc1)C(=C1CN(C(c2ccc(Cl)cc2)c2ccc(Cl)cc2)C1)S(C)(=O)=O)c1ccccc1. The highest BCUT2D eigenvalue weighted by molar-refractivity contribution is 7.94. The minimum absolute atomic E-state index is 0.0846. The number of carbonyl (C=O) groups excluding carboxylic acids is 1. The summed E-state index contributed by atoms with van der Waals surface area (Å²) in [6.45, 7) is 3.00. The first-order chi connectivity index (χ1) is 20.1. The largest absolute Gasteiger partial charge is 0.298 e. The van der Waals surface area contributed by atoms with Gasteiger partial charge in [0.05, 0.1) is 6.04 Å². The van der Waals surface area contributed by atoms with Crippen LogP contribution >= 0.6 is 23.2 Å². The van der Waals surface area contributed by atoms with Gasteiger partial charge in [0.15, 0.2) is 9.84 Å². The van der Waals surface area contributed by atoms with E-state index in [0.29, 0.717) is 34.3 Å². The van der Waals surface area contributed by atoms with E-state index >= 15 is 0 Å². The molecular formula is C34H32Cl2N2O3S. The Balaban J connectivity index is 1.54. The van der Waals surface area contributed by atoms with E-state index in [1.165, 1.54) is 11.2 Å². The van der Waals surface area contributed by atoms with E-state index in [-0.39, 0.29) is 29.4 Å². The topological polar surface area (TPSA) is 57.7 Å². The first kappa shape index (κ1) is 30.1. The average molecular weight is 620 g/mol. The van der Waals surface area contributed by atoms with E-state index in [0.717, 1.165) is 16.7 Å². The van der Waals surface area contributed by atoms with Crippen LogP contribution in [0, 0.1) is 0 Å². The molecule has 1 unspecified atom stereocenters. The lowest BCUT2D eigenvalue weighted by Crippen LogP contribution is -2.47. The number of nitrogens with zero attached hydrogens (tertiary/aromatic N) is 2. The van der Waals surface area contributed by atoms with Crippen LogP contribution < -0.4 is 0 Å². The molecular weight excluding hydrogens is 587 g/mol. The van der Waals surface area contributed by atoms with Crippen molar-refractivity contribution >= 4 is 38.9 Å². The maximum atomic E-state index is 14.0.